The summed E-state index contributed by atoms with van der Waals surface area (Å²) >= 11 is 1.46. The number of amides is 1. The lowest BCUT2D eigenvalue weighted by molar-refractivity contribution is 0.0725. The van der Waals surface area contributed by atoms with Crippen LogP contribution in [0.15, 0.2) is 72.1 Å². The van der Waals surface area contributed by atoms with Crippen LogP contribution in [-0.4, -0.2) is 50.7 Å². The number of hydrogen-bond donors (Lipinski definition) is 1. The molecular formula is C26H24N6O2S. The summed E-state index contributed by atoms with van der Waals surface area (Å²) in [6.07, 6.45) is 6.02. The highest BCUT2D eigenvalue weighted by Gasteiger charge is 2.30. The third-order valence-electron chi connectivity index (χ3n) is 5.75. The number of anilines is 2. The number of nitrogens with one attached hydrogen (secondary N) is 1. The van der Waals surface area contributed by atoms with E-state index in [1.54, 1.807) is 25.6 Å². The maximum Gasteiger partial charge on any atom is 0.259 e. The van der Waals surface area contributed by atoms with Gasteiger partial charge in [0.05, 0.1) is 12.8 Å². The van der Waals surface area contributed by atoms with Crippen LogP contribution in [0.1, 0.15) is 21.6 Å². The molecule has 0 atom stereocenters. The van der Waals surface area contributed by atoms with Gasteiger partial charge in [0.2, 0.25) is 0 Å². The lowest BCUT2D eigenvalue weighted by Crippen LogP contribution is -2.38. The number of carbonyl (C=O) groups excluding carboxylic acids is 1. The van der Waals surface area contributed by atoms with Crippen molar-refractivity contribution in [1.29, 1.82) is 0 Å². The van der Waals surface area contributed by atoms with E-state index in [0.717, 1.165) is 28.3 Å². The van der Waals surface area contributed by atoms with Crippen LogP contribution in [0.5, 0.6) is 5.75 Å². The van der Waals surface area contributed by atoms with Crippen molar-refractivity contribution in [3.8, 4) is 17.1 Å². The molecule has 9 heteroatoms. The topological polar surface area (TPSA) is 93.1 Å². The molecule has 2 aromatic carbocycles. The minimum Gasteiger partial charge on any atom is -0.497 e. The minimum absolute atomic E-state index is 0.0835. The van der Waals surface area contributed by atoms with Gasteiger partial charge in [0.1, 0.15) is 17.1 Å². The van der Waals surface area contributed by atoms with E-state index in [2.05, 4.69) is 25.3 Å². The Hall–Kier alpha value is -3.98. The van der Waals surface area contributed by atoms with Crippen molar-refractivity contribution in [2.24, 2.45) is 0 Å². The highest BCUT2D eigenvalue weighted by molar-refractivity contribution is 7.98. The second-order valence-corrected chi connectivity index (χ2v) is 8.76. The fourth-order valence-corrected chi connectivity index (χ4v) is 4.38. The van der Waals surface area contributed by atoms with Crippen LogP contribution in [0.4, 0.5) is 11.5 Å². The molecule has 0 saturated heterocycles. The van der Waals surface area contributed by atoms with Crippen LogP contribution < -0.4 is 10.1 Å². The van der Waals surface area contributed by atoms with Gasteiger partial charge in [-0.05, 0) is 42.2 Å². The lowest BCUT2D eigenvalue weighted by Gasteiger charge is -2.29. The zero-order valence-corrected chi connectivity index (χ0v) is 20.2. The van der Waals surface area contributed by atoms with Gasteiger partial charge in [-0.2, -0.15) is 0 Å². The van der Waals surface area contributed by atoms with Gasteiger partial charge in [-0.15, -0.1) is 0 Å². The monoisotopic (exact) mass is 484 g/mol. The Morgan fingerprint density at radius 3 is 2.60 bits per heavy atom. The van der Waals surface area contributed by atoms with Crippen LogP contribution in [0, 0.1) is 0 Å². The quantitative estimate of drug-likeness (QED) is 0.300. The van der Waals surface area contributed by atoms with Crippen LogP contribution in [0.2, 0.25) is 0 Å². The predicted octanol–water partition coefficient (Wildman–Crippen LogP) is 4.61. The zero-order chi connectivity index (χ0) is 24.2. The molecule has 5 rings (SSSR count). The number of fused-ring (bicyclic) bond motifs is 1. The molecule has 1 aliphatic rings. The molecule has 3 heterocycles. The largest absolute Gasteiger partial charge is 0.497 e. The fraction of sp³-hybridized carbons (Fsp3) is 0.192. The number of hydrogen-bond acceptors (Lipinski definition) is 8. The lowest BCUT2D eigenvalue weighted by atomic mass is 10.0. The molecule has 1 N–H and O–H groups in total. The number of methoxy groups -OCH3 is 1. The summed E-state index contributed by atoms with van der Waals surface area (Å²) in [6.45, 7) is 1.11. The molecule has 0 aliphatic carbocycles. The average molecular weight is 485 g/mol. The number of rotatable bonds is 7. The van der Waals surface area contributed by atoms with Gasteiger partial charge >= 0.3 is 0 Å². The third kappa shape index (κ3) is 4.95. The Labute approximate surface area is 207 Å². The van der Waals surface area contributed by atoms with Crippen molar-refractivity contribution in [1.82, 2.24) is 24.8 Å². The van der Waals surface area contributed by atoms with E-state index in [1.807, 2.05) is 59.7 Å². The molecule has 35 heavy (non-hydrogen) atoms. The molecular weight excluding hydrogens is 460 g/mol. The van der Waals surface area contributed by atoms with Crippen LogP contribution >= 0.6 is 11.8 Å². The third-order valence-corrected chi connectivity index (χ3v) is 6.30. The first kappa shape index (κ1) is 22.8. The molecule has 0 saturated carbocycles. The summed E-state index contributed by atoms with van der Waals surface area (Å²) in [6, 6.07) is 17.3. The maximum atomic E-state index is 13.6. The Morgan fingerprint density at radius 1 is 1.06 bits per heavy atom. The predicted molar refractivity (Wildman–Crippen MR) is 136 cm³/mol. The van der Waals surface area contributed by atoms with E-state index in [0.29, 0.717) is 41.9 Å². The highest BCUT2D eigenvalue weighted by Crippen LogP contribution is 2.30. The summed E-state index contributed by atoms with van der Waals surface area (Å²) in [5.74, 6) is 1.85. The van der Waals surface area contributed by atoms with Gasteiger partial charge < -0.3 is 15.0 Å². The summed E-state index contributed by atoms with van der Waals surface area (Å²) < 4.78 is 5.24. The van der Waals surface area contributed by atoms with Crippen LogP contribution in [0.3, 0.4) is 0 Å². The van der Waals surface area contributed by atoms with Crippen LogP contribution in [-0.2, 0) is 13.0 Å². The minimum atomic E-state index is -0.0835. The Morgan fingerprint density at radius 2 is 1.86 bits per heavy atom. The molecule has 1 aliphatic heterocycles. The molecule has 0 fully saturated rings. The smallest absolute Gasteiger partial charge is 0.259 e. The number of thioether (sulfide) groups is 1. The van der Waals surface area contributed by atoms with E-state index in [1.165, 1.54) is 11.8 Å². The van der Waals surface area contributed by atoms with Gasteiger partial charge in [0, 0.05) is 43.2 Å². The van der Waals surface area contributed by atoms with Gasteiger partial charge in [0.15, 0.2) is 11.0 Å². The number of carbonyl (C=O) groups is 1. The Bertz CT molecular complexity index is 1350. The molecule has 0 unspecified atom stereocenters. The first-order chi connectivity index (χ1) is 17.1. The van der Waals surface area contributed by atoms with E-state index < -0.39 is 0 Å². The highest BCUT2D eigenvalue weighted by atomic mass is 32.2. The van der Waals surface area contributed by atoms with Gasteiger partial charge in [-0.25, -0.2) is 19.9 Å². The van der Waals surface area contributed by atoms with E-state index >= 15 is 0 Å². The van der Waals surface area contributed by atoms with Crippen molar-refractivity contribution in [2.75, 3.05) is 25.2 Å². The van der Waals surface area contributed by atoms with E-state index in [4.69, 9.17) is 4.74 Å². The summed E-state index contributed by atoms with van der Waals surface area (Å²) in [7, 11) is 1.64. The number of benzene rings is 2. The standard InChI is InChI=1S/C26H24N6O2S/c1-34-20-9-7-17(8-10-20)16-32-14-11-21-22(25(32)33)24(31-26(30-21)35-2)29-19-6-3-5-18(15-19)23-27-12-4-13-28-23/h3-10,12-13,15H,11,14,16H2,1-2H3,(H,29,30,31). The van der Waals surface area contributed by atoms with Gasteiger partial charge in [0.25, 0.3) is 5.91 Å². The molecule has 176 valence electrons. The SMILES string of the molecule is COc1ccc(CN2CCc3nc(SC)nc(Nc4cccc(-c5ncccn5)c4)c3C2=O)cc1. The summed E-state index contributed by atoms with van der Waals surface area (Å²) in [5.41, 5.74) is 3.99. The van der Waals surface area contributed by atoms with Crippen molar-refractivity contribution < 1.29 is 9.53 Å². The van der Waals surface area contributed by atoms with Gasteiger partial charge in [-0.1, -0.05) is 36.0 Å². The van der Waals surface area contributed by atoms with Gasteiger partial charge in [-0.3, -0.25) is 4.79 Å². The molecule has 0 spiro atoms. The summed E-state index contributed by atoms with van der Waals surface area (Å²) in [5, 5.41) is 3.99. The van der Waals surface area contributed by atoms with E-state index in [-0.39, 0.29) is 5.91 Å². The first-order valence-electron chi connectivity index (χ1n) is 11.2. The zero-order valence-electron chi connectivity index (χ0n) is 19.4. The van der Waals surface area contributed by atoms with Crippen molar-refractivity contribution in [2.45, 2.75) is 18.1 Å². The van der Waals surface area contributed by atoms with Crippen LogP contribution in [0.25, 0.3) is 11.4 Å². The summed E-state index contributed by atoms with van der Waals surface area (Å²) in [4.78, 5) is 33.4. The average Bonchev–Trinajstić information content (AvgIpc) is 2.91. The molecule has 0 bridgehead atoms. The normalized spacial score (nSPS) is 12.9. The van der Waals surface area contributed by atoms with Crippen molar-refractivity contribution in [3.63, 3.8) is 0 Å². The number of nitrogens with zero attached hydrogens (tertiary/aromatic N) is 5. The Kier molecular flexibility index (Phi) is 6.58. The maximum absolute atomic E-state index is 13.6. The van der Waals surface area contributed by atoms with E-state index in [9.17, 15) is 4.79 Å². The van der Waals surface area contributed by atoms with Crippen molar-refractivity contribution >= 4 is 29.2 Å². The fourth-order valence-electron chi connectivity index (χ4n) is 4.00. The molecule has 1 amide bonds. The molecule has 0 radical (unpaired) electrons. The Balaban J connectivity index is 1.45. The molecule has 4 aromatic rings. The second-order valence-electron chi connectivity index (χ2n) is 7.98. The number of ether oxygens (including phenoxy) is 1. The van der Waals surface area contributed by atoms with Crippen molar-refractivity contribution in [3.05, 3.63) is 83.8 Å². The first-order valence-corrected chi connectivity index (χ1v) is 12.4. The molecule has 8 nitrogen and oxygen atoms in total. The molecule has 2 aromatic heterocycles. The second kappa shape index (κ2) is 10.1. The number of aromatic nitrogens is 4.